The van der Waals surface area contributed by atoms with E-state index >= 15 is 0 Å². The minimum atomic E-state index is -4.10. The second-order valence-corrected chi connectivity index (χ2v) is 9.09. The molecular formula is C21H14N6O4S2. The van der Waals surface area contributed by atoms with Gasteiger partial charge in [0.1, 0.15) is 15.9 Å². The molecule has 0 saturated heterocycles. The number of sulfonamides is 1. The van der Waals surface area contributed by atoms with E-state index in [9.17, 15) is 18.3 Å². The number of hydrogen-bond donors (Lipinski definition) is 3. The third kappa shape index (κ3) is 4.04. The van der Waals surface area contributed by atoms with Gasteiger partial charge in [-0.2, -0.15) is 8.75 Å². The molecule has 0 saturated carbocycles. The van der Waals surface area contributed by atoms with Gasteiger partial charge >= 0.3 is 5.97 Å². The van der Waals surface area contributed by atoms with Crippen LogP contribution in [-0.4, -0.2) is 38.2 Å². The van der Waals surface area contributed by atoms with E-state index in [0.29, 0.717) is 22.2 Å². The van der Waals surface area contributed by atoms with Crippen molar-refractivity contribution in [2.24, 2.45) is 0 Å². The first-order valence-corrected chi connectivity index (χ1v) is 11.7. The summed E-state index contributed by atoms with van der Waals surface area (Å²) in [5.41, 5.74) is 2.21. The summed E-state index contributed by atoms with van der Waals surface area (Å²) in [4.78, 5) is 20.2. The van der Waals surface area contributed by atoms with Gasteiger partial charge in [0.05, 0.1) is 28.3 Å². The average Bonchev–Trinajstić information content (AvgIpc) is 3.28. The lowest BCUT2D eigenvalue weighted by molar-refractivity contribution is 0.0697. The van der Waals surface area contributed by atoms with E-state index in [0.717, 1.165) is 11.7 Å². The van der Waals surface area contributed by atoms with Gasteiger partial charge in [-0.25, -0.2) is 23.2 Å². The Morgan fingerprint density at radius 2 is 1.55 bits per heavy atom. The highest BCUT2D eigenvalue weighted by Gasteiger charge is 2.23. The van der Waals surface area contributed by atoms with Gasteiger partial charge < -0.3 is 10.4 Å². The van der Waals surface area contributed by atoms with Gasteiger partial charge in [-0.05, 0) is 42.5 Å². The van der Waals surface area contributed by atoms with Crippen LogP contribution in [0, 0.1) is 0 Å². The number of carboxylic acid groups (broad SMARTS) is 1. The Kier molecular flexibility index (Phi) is 5.07. The Labute approximate surface area is 191 Å². The SMILES string of the molecule is O=C(O)c1cccc(Nc2nc3ccccc3nc2NS(=O)(=O)c2cccc3nsnc23)c1. The van der Waals surface area contributed by atoms with Gasteiger partial charge in [0.25, 0.3) is 10.0 Å². The van der Waals surface area contributed by atoms with E-state index < -0.39 is 16.0 Å². The number of rotatable bonds is 6. The molecule has 0 amide bonds. The lowest BCUT2D eigenvalue weighted by Crippen LogP contribution is -2.16. The number of benzene rings is 3. The van der Waals surface area contributed by atoms with Crippen molar-refractivity contribution in [3.63, 3.8) is 0 Å². The van der Waals surface area contributed by atoms with Gasteiger partial charge in [0, 0.05) is 5.69 Å². The summed E-state index contributed by atoms with van der Waals surface area (Å²) in [5.74, 6) is -1.02. The van der Waals surface area contributed by atoms with Crippen LogP contribution in [-0.2, 0) is 10.0 Å². The summed E-state index contributed by atoms with van der Waals surface area (Å²) in [6, 6.07) is 17.8. The lowest BCUT2D eigenvalue weighted by Gasteiger charge is -2.14. The van der Waals surface area contributed by atoms with E-state index in [4.69, 9.17) is 0 Å². The molecule has 5 rings (SSSR count). The number of aromatic nitrogens is 4. The van der Waals surface area contributed by atoms with Crippen molar-refractivity contribution in [1.29, 1.82) is 0 Å². The molecule has 3 N–H and O–H groups in total. The monoisotopic (exact) mass is 478 g/mol. The smallest absolute Gasteiger partial charge is 0.335 e. The Hall–Kier alpha value is -4.16. The third-order valence-electron chi connectivity index (χ3n) is 4.71. The number of nitrogens with zero attached hydrogens (tertiary/aromatic N) is 4. The van der Waals surface area contributed by atoms with Crippen LogP contribution in [0.4, 0.5) is 17.3 Å². The topological polar surface area (TPSA) is 147 Å². The summed E-state index contributed by atoms with van der Waals surface area (Å²) in [6.45, 7) is 0. The van der Waals surface area contributed by atoms with E-state index in [-0.39, 0.29) is 27.6 Å². The van der Waals surface area contributed by atoms with Gasteiger partial charge in [0.15, 0.2) is 11.6 Å². The summed E-state index contributed by atoms with van der Waals surface area (Å²) < 4.78 is 37.2. The molecule has 0 bridgehead atoms. The van der Waals surface area contributed by atoms with Gasteiger partial charge in [-0.3, -0.25) is 4.72 Å². The summed E-state index contributed by atoms with van der Waals surface area (Å²) in [7, 11) is -4.10. The molecule has 0 aliphatic rings. The molecule has 0 atom stereocenters. The second-order valence-electron chi connectivity index (χ2n) is 6.91. The van der Waals surface area contributed by atoms with Gasteiger partial charge in [0.2, 0.25) is 0 Å². The normalized spacial score (nSPS) is 11.5. The molecule has 0 spiro atoms. The highest BCUT2D eigenvalue weighted by atomic mass is 32.2. The van der Waals surface area contributed by atoms with E-state index in [2.05, 4.69) is 28.8 Å². The van der Waals surface area contributed by atoms with Crippen LogP contribution in [0.2, 0.25) is 0 Å². The van der Waals surface area contributed by atoms with Crippen LogP contribution in [0.1, 0.15) is 10.4 Å². The van der Waals surface area contributed by atoms with Crippen LogP contribution in [0.5, 0.6) is 0 Å². The lowest BCUT2D eigenvalue weighted by atomic mass is 10.2. The maximum atomic E-state index is 13.3. The van der Waals surface area contributed by atoms with Crippen molar-refractivity contribution < 1.29 is 18.3 Å². The molecule has 3 aromatic carbocycles. The largest absolute Gasteiger partial charge is 0.478 e. The van der Waals surface area contributed by atoms with E-state index in [1.807, 2.05) is 0 Å². The van der Waals surface area contributed by atoms with Crippen molar-refractivity contribution in [2.75, 3.05) is 10.0 Å². The Morgan fingerprint density at radius 3 is 2.30 bits per heavy atom. The van der Waals surface area contributed by atoms with Crippen LogP contribution >= 0.6 is 11.7 Å². The fourth-order valence-corrected chi connectivity index (χ4v) is 4.98. The summed E-state index contributed by atoms with van der Waals surface area (Å²) in [5, 5.41) is 12.2. The Bertz CT molecular complexity index is 1630. The van der Waals surface area contributed by atoms with Crippen molar-refractivity contribution in [3.8, 4) is 0 Å². The maximum Gasteiger partial charge on any atom is 0.335 e. The molecule has 5 aromatic rings. The number of para-hydroxylation sites is 2. The molecule has 164 valence electrons. The first kappa shape index (κ1) is 20.7. The first-order chi connectivity index (χ1) is 15.9. The summed E-state index contributed by atoms with van der Waals surface area (Å²) in [6.07, 6.45) is 0. The van der Waals surface area contributed by atoms with Crippen LogP contribution in [0.25, 0.3) is 22.1 Å². The zero-order chi connectivity index (χ0) is 23.0. The van der Waals surface area contributed by atoms with E-state index in [1.54, 1.807) is 48.5 Å². The third-order valence-corrected chi connectivity index (χ3v) is 6.63. The van der Waals surface area contributed by atoms with Crippen molar-refractivity contribution in [2.45, 2.75) is 4.90 Å². The quantitative estimate of drug-likeness (QED) is 0.331. The number of carboxylic acids is 1. The minimum Gasteiger partial charge on any atom is -0.478 e. The predicted molar refractivity (Wildman–Crippen MR) is 124 cm³/mol. The van der Waals surface area contributed by atoms with Crippen molar-refractivity contribution >= 4 is 67.1 Å². The molecule has 0 fully saturated rings. The Morgan fingerprint density at radius 1 is 0.848 bits per heavy atom. The first-order valence-electron chi connectivity index (χ1n) is 9.52. The number of hydrogen-bond acceptors (Lipinski definition) is 9. The second kappa shape index (κ2) is 8.07. The van der Waals surface area contributed by atoms with Gasteiger partial charge in [-0.1, -0.05) is 24.3 Å². The van der Waals surface area contributed by atoms with Crippen molar-refractivity contribution in [3.05, 3.63) is 72.3 Å². The molecule has 0 unspecified atom stereocenters. The molecule has 12 heteroatoms. The van der Waals surface area contributed by atoms with E-state index in [1.165, 1.54) is 18.2 Å². The number of anilines is 3. The highest BCUT2D eigenvalue weighted by Crippen LogP contribution is 2.29. The molecule has 33 heavy (non-hydrogen) atoms. The average molecular weight is 479 g/mol. The van der Waals surface area contributed by atoms with Crippen LogP contribution in [0.3, 0.4) is 0 Å². The fourth-order valence-electron chi connectivity index (χ4n) is 3.21. The fraction of sp³-hybridized carbons (Fsp3) is 0. The van der Waals surface area contributed by atoms with Crippen molar-refractivity contribution in [1.82, 2.24) is 18.7 Å². The molecule has 2 heterocycles. The molecule has 0 radical (unpaired) electrons. The van der Waals surface area contributed by atoms with Gasteiger partial charge in [-0.15, -0.1) is 0 Å². The molecule has 0 aliphatic heterocycles. The highest BCUT2D eigenvalue weighted by molar-refractivity contribution is 7.93. The molecule has 2 aromatic heterocycles. The number of carbonyl (C=O) groups is 1. The standard InChI is InChI=1S/C21H14N6O4S2/c28-21(29)12-5-3-6-13(11-12)22-19-20(24-15-8-2-1-7-14(15)23-19)27-33(30,31)17-10-4-9-16-18(17)26-32-25-16/h1-11H,(H,22,23)(H,24,27)(H,28,29). The molecule has 0 aliphatic carbocycles. The van der Waals surface area contributed by atoms with Crippen LogP contribution in [0.15, 0.2) is 71.6 Å². The zero-order valence-corrected chi connectivity index (χ0v) is 18.3. The zero-order valence-electron chi connectivity index (χ0n) is 16.6. The number of aromatic carboxylic acids is 1. The molecule has 10 nitrogen and oxygen atoms in total. The minimum absolute atomic E-state index is 0.0393. The number of nitrogens with one attached hydrogen (secondary N) is 2. The summed E-state index contributed by atoms with van der Waals surface area (Å²) >= 11 is 0.919. The maximum absolute atomic E-state index is 13.3. The number of fused-ring (bicyclic) bond motifs is 2. The predicted octanol–water partition coefficient (Wildman–Crippen LogP) is 3.88. The molecular weight excluding hydrogens is 464 g/mol. The van der Waals surface area contributed by atoms with Crippen LogP contribution < -0.4 is 10.0 Å². The Balaban J connectivity index is 1.60.